The van der Waals surface area contributed by atoms with Crippen molar-refractivity contribution in [3.8, 4) is 0 Å². The Morgan fingerprint density at radius 1 is 1.05 bits per heavy atom. The van der Waals surface area contributed by atoms with Crippen molar-refractivity contribution in [2.45, 2.75) is 18.4 Å². The van der Waals surface area contributed by atoms with E-state index in [0.29, 0.717) is 13.1 Å². The Labute approximate surface area is 119 Å². The van der Waals surface area contributed by atoms with Crippen LogP contribution >= 0.6 is 0 Å². The first kappa shape index (κ1) is 14.5. The lowest BCUT2D eigenvalue weighted by molar-refractivity contribution is 0.584. The van der Waals surface area contributed by atoms with Crippen molar-refractivity contribution < 1.29 is 8.42 Å². The second-order valence-corrected chi connectivity index (χ2v) is 6.00. The molecule has 0 unspecified atom stereocenters. The fourth-order valence-corrected chi connectivity index (χ4v) is 2.77. The fraction of sp³-hybridized carbons (Fsp3) is 0.214. The SMILES string of the molecule is CCNS(=O)(=O)c1ccc(NCc2ccncc2)cc1. The highest BCUT2D eigenvalue weighted by Gasteiger charge is 2.11. The molecule has 0 atom stereocenters. The molecule has 5 nitrogen and oxygen atoms in total. The molecule has 1 aromatic carbocycles. The maximum Gasteiger partial charge on any atom is 0.240 e. The standard InChI is InChI=1S/C14H17N3O2S/c1-2-17-20(18,19)14-5-3-13(4-6-14)16-11-12-7-9-15-10-8-12/h3-10,16-17H,2,11H2,1H3. The first-order valence-corrected chi connectivity index (χ1v) is 7.82. The zero-order valence-corrected chi connectivity index (χ0v) is 12.0. The first-order chi connectivity index (χ1) is 9.62. The summed E-state index contributed by atoms with van der Waals surface area (Å²) >= 11 is 0. The van der Waals surface area contributed by atoms with Crippen LogP contribution in [0.1, 0.15) is 12.5 Å². The molecule has 0 amide bonds. The molecule has 0 saturated carbocycles. The molecule has 0 bridgehead atoms. The largest absolute Gasteiger partial charge is 0.381 e. The maximum atomic E-state index is 11.8. The minimum absolute atomic E-state index is 0.272. The molecule has 2 aromatic rings. The average Bonchev–Trinajstić information content (AvgIpc) is 2.47. The summed E-state index contributed by atoms with van der Waals surface area (Å²) in [6.07, 6.45) is 3.48. The number of nitrogens with zero attached hydrogens (tertiary/aromatic N) is 1. The van der Waals surface area contributed by atoms with E-state index in [4.69, 9.17) is 0 Å². The van der Waals surface area contributed by atoms with Crippen molar-refractivity contribution in [3.63, 3.8) is 0 Å². The average molecular weight is 291 g/mol. The number of anilines is 1. The van der Waals surface area contributed by atoms with Crippen LogP contribution in [0.25, 0.3) is 0 Å². The number of hydrogen-bond acceptors (Lipinski definition) is 4. The zero-order valence-electron chi connectivity index (χ0n) is 11.2. The molecule has 0 aliphatic rings. The van der Waals surface area contributed by atoms with E-state index in [1.807, 2.05) is 12.1 Å². The van der Waals surface area contributed by atoms with Crippen LogP contribution in [0, 0.1) is 0 Å². The molecular weight excluding hydrogens is 274 g/mol. The van der Waals surface area contributed by atoms with E-state index in [1.165, 1.54) is 0 Å². The number of rotatable bonds is 6. The van der Waals surface area contributed by atoms with E-state index in [1.54, 1.807) is 43.6 Å². The third kappa shape index (κ3) is 3.79. The van der Waals surface area contributed by atoms with E-state index in [2.05, 4.69) is 15.0 Å². The third-order valence-electron chi connectivity index (χ3n) is 2.74. The highest BCUT2D eigenvalue weighted by molar-refractivity contribution is 7.89. The Kier molecular flexibility index (Phi) is 4.70. The van der Waals surface area contributed by atoms with Gasteiger partial charge in [0.1, 0.15) is 0 Å². The molecule has 6 heteroatoms. The summed E-state index contributed by atoms with van der Waals surface area (Å²) in [6.45, 7) is 2.80. The summed E-state index contributed by atoms with van der Waals surface area (Å²) in [5, 5.41) is 3.23. The van der Waals surface area contributed by atoms with E-state index in [9.17, 15) is 8.42 Å². The van der Waals surface area contributed by atoms with Crippen molar-refractivity contribution in [2.75, 3.05) is 11.9 Å². The Balaban J connectivity index is 2.02. The normalized spacial score (nSPS) is 11.2. The van der Waals surface area contributed by atoms with Gasteiger partial charge in [-0.25, -0.2) is 13.1 Å². The van der Waals surface area contributed by atoms with Gasteiger partial charge >= 0.3 is 0 Å². The second kappa shape index (κ2) is 6.49. The van der Waals surface area contributed by atoms with Crippen LogP contribution in [0.15, 0.2) is 53.7 Å². The van der Waals surface area contributed by atoms with Gasteiger partial charge in [-0.1, -0.05) is 6.92 Å². The highest BCUT2D eigenvalue weighted by atomic mass is 32.2. The smallest absolute Gasteiger partial charge is 0.240 e. The predicted molar refractivity (Wildman–Crippen MR) is 78.9 cm³/mol. The minimum atomic E-state index is -3.38. The van der Waals surface area contributed by atoms with Crippen LogP contribution in [-0.2, 0) is 16.6 Å². The van der Waals surface area contributed by atoms with Gasteiger partial charge in [0.05, 0.1) is 4.90 Å². The van der Waals surface area contributed by atoms with Gasteiger partial charge in [-0.2, -0.15) is 0 Å². The number of pyridine rings is 1. The van der Waals surface area contributed by atoms with Crippen LogP contribution in [0.4, 0.5) is 5.69 Å². The number of aromatic nitrogens is 1. The molecule has 106 valence electrons. The second-order valence-electron chi connectivity index (χ2n) is 4.23. The molecule has 20 heavy (non-hydrogen) atoms. The summed E-state index contributed by atoms with van der Waals surface area (Å²) in [5.74, 6) is 0. The summed E-state index contributed by atoms with van der Waals surface area (Å²) in [5.41, 5.74) is 1.99. The van der Waals surface area contributed by atoms with E-state index in [0.717, 1.165) is 11.3 Å². The maximum absolute atomic E-state index is 11.8. The van der Waals surface area contributed by atoms with Gasteiger partial charge in [-0.05, 0) is 42.0 Å². The zero-order chi connectivity index (χ0) is 14.4. The molecule has 1 aromatic heterocycles. The molecular formula is C14H17N3O2S. The van der Waals surface area contributed by atoms with Gasteiger partial charge < -0.3 is 5.32 Å². The van der Waals surface area contributed by atoms with E-state index < -0.39 is 10.0 Å². The first-order valence-electron chi connectivity index (χ1n) is 6.34. The third-order valence-corrected chi connectivity index (χ3v) is 4.31. The fourth-order valence-electron chi connectivity index (χ4n) is 1.73. The summed E-state index contributed by atoms with van der Waals surface area (Å²) in [4.78, 5) is 4.23. The Morgan fingerprint density at radius 2 is 1.70 bits per heavy atom. The van der Waals surface area contributed by atoms with Crippen molar-refractivity contribution in [2.24, 2.45) is 0 Å². The van der Waals surface area contributed by atoms with Gasteiger partial charge in [0.15, 0.2) is 0 Å². The van der Waals surface area contributed by atoms with E-state index in [-0.39, 0.29) is 4.90 Å². The topological polar surface area (TPSA) is 71.1 Å². The van der Waals surface area contributed by atoms with Gasteiger partial charge in [0.25, 0.3) is 0 Å². The summed E-state index contributed by atoms with van der Waals surface area (Å²) < 4.78 is 26.0. The molecule has 0 fully saturated rings. The van der Waals surface area contributed by atoms with Gasteiger partial charge in [0.2, 0.25) is 10.0 Å². The van der Waals surface area contributed by atoms with E-state index >= 15 is 0 Å². The number of hydrogen-bond donors (Lipinski definition) is 2. The van der Waals surface area contributed by atoms with Crippen molar-refractivity contribution in [1.82, 2.24) is 9.71 Å². The van der Waals surface area contributed by atoms with Gasteiger partial charge in [-0.15, -0.1) is 0 Å². The number of sulfonamides is 1. The molecule has 0 spiro atoms. The number of nitrogens with one attached hydrogen (secondary N) is 2. The van der Waals surface area contributed by atoms with Gasteiger partial charge in [0, 0.05) is 31.2 Å². The van der Waals surface area contributed by atoms with Gasteiger partial charge in [-0.3, -0.25) is 4.98 Å². The Hall–Kier alpha value is -1.92. The lowest BCUT2D eigenvalue weighted by atomic mass is 10.2. The van der Waals surface area contributed by atoms with Crippen molar-refractivity contribution in [3.05, 3.63) is 54.4 Å². The van der Waals surface area contributed by atoms with Crippen LogP contribution in [-0.4, -0.2) is 19.9 Å². The van der Waals surface area contributed by atoms with Crippen molar-refractivity contribution >= 4 is 15.7 Å². The molecule has 0 aliphatic heterocycles. The lowest BCUT2D eigenvalue weighted by Gasteiger charge is -2.08. The Bertz CT molecular complexity index is 640. The summed E-state index contributed by atoms with van der Waals surface area (Å²) in [7, 11) is -3.38. The minimum Gasteiger partial charge on any atom is -0.381 e. The highest BCUT2D eigenvalue weighted by Crippen LogP contribution is 2.14. The quantitative estimate of drug-likeness (QED) is 0.854. The molecule has 2 rings (SSSR count). The number of benzene rings is 1. The van der Waals surface area contributed by atoms with Crippen LogP contribution < -0.4 is 10.0 Å². The summed E-state index contributed by atoms with van der Waals surface area (Å²) in [6, 6.07) is 10.5. The molecule has 2 N–H and O–H groups in total. The molecule has 1 heterocycles. The molecule has 0 radical (unpaired) electrons. The predicted octanol–water partition coefficient (Wildman–Crippen LogP) is 1.99. The monoisotopic (exact) mass is 291 g/mol. The lowest BCUT2D eigenvalue weighted by Crippen LogP contribution is -2.23. The van der Waals surface area contributed by atoms with Crippen LogP contribution in [0.3, 0.4) is 0 Å². The Morgan fingerprint density at radius 3 is 2.30 bits per heavy atom. The van der Waals surface area contributed by atoms with Crippen LogP contribution in [0.5, 0.6) is 0 Å². The van der Waals surface area contributed by atoms with Crippen molar-refractivity contribution in [1.29, 1.82) is 0 Å². The van der Waals surface area contributed by atoms with Crippen LogP contribution in [0.2, 0.25) is 0 Å². The molecule has 0 aliphatic carbocycles. The molecule has 0 saturated heterocycles.